The van der Waals surface area contributed by atoms with Crippen LogP contribution < -0.4 is 4.90 Å². The molecule has 0 atom stereocenters. The van der Waals surface area contributed by atoms with Gasteiger partial charge >= 0.3 is 0 Å². The van der Waals surface area contributed by atoms with Crippen LogP contribution in [0.2, 0.25) is 0 Å². The van der Waals surface area contributed by atoms with Crippen LogP contribution in [-0.4, -0.2) is 27.8 Å². The number of hydrogen-bond acceptors (Lipinski definition) is 4. The summed E-state index contributed by atoms with van der Waals surface area (Å²) in [4.78, 5) is 19.5. The molecule has 0 saturated carbocycles. The second kappa shape index (κ2) is 9.29. The number of nitriles is 1. The number of benzene rings is 3. The molecule has 6 heteroatoms. The molecule has 4 aromatic rings. The van der Waals surface area contributed by atoms with Crippen LogP contribution in [0.5, 0.6) is 0 Å². The van der Waals surface area contributed by atoms with E-state index in [9.17, 15) is 4.79 Å². The summed E-state index contributed by atoms with van der Waals surface area (Å²) in [5.74, 6) is 0.185. The van der Waals surface area contributed by atoms with Gasteiger partial charge in [0.15, 0.2) is 5.16 Å². The Morgan fingerprint density at radius 1 is 0.967 bits per heavy atom. The lowest BCUT2D eigenvalue weighted by Crippen LogP contribution is -2.33. The number of fused-ring (bicyclic) bond motifs is 1. The maximum Gasteiger partial charge on any atom is 0.237 e. The molecule has 0 aliphatic rings. The molecule has 0 radical (unpaired) electrons. The zero-order chi connectivity index (χ0) is 20.8. The Bertz CT molecular complexity index is 1180. The number of aromatic nitrogens is 2. The summed E-state index contributed by atoms with van der Waals surface area (Å²) in [5.41, 5.74) is 3.70. The van der Waals surface area contributed by atoms with Crippen molar-refractivity contribution in [1.82, 2.24) is 9.55 Å². The summed E-state index contributed by atoms with van der Waals surface area (Å²) in [6.07, 6.45) is 0.286. The van der Waals surface area contributed by atoms with Crippen LogP contribution in [0.15, 0.2) is 90.1 Å². The lowest BCUT2D eigenvalue weighted by atomic mass is 10.2. The fourth-order valence-corrected chi connectivity index (χ4v) is 4.20. The first-order chi connectivity index (χ1) is 14.8. The smallest absolute Gasteiger partial charge is 0.237 e. The number of amides is 1. The predicted molar refractivity (Wildman–Crippen MR) is 121 cm³/mol. The van der Waals surface area contributed by atoms with Crippen LogP contribution in [0.4, 0.5) is 5.69 Å². The molecule has 0 aliphatic carbocycles. The Labute approximate surface area is 179 Å². The Kier molecular flexibility index (Phi) is 6.11. The van der Waals surface area contributed by atoms with Gasteiger partial charge in [0.05, 0.1) is 29.3 Å². The van der Waals surface area contributed by atoms with Crippen molar-refractivity contribution < 1.29 is 4.79 Å². The number of carbonyl (C=O) groups is 1. The van der Waals surface area contributed by atoms with Crippen LogP contribution in [0.1, 0.15) is 6.42 Å². The first kappa shape index (κ1) is 19.7. The highest BCUT2D eigenvalue weighted by molar-refractivity contribution is 7.99. The van der Waals surface area contributed by atoms with Crippen molar-refractivity contribution in [1.29, 1.82) is 5.26 Å². The molecule has 0 bridgehead atoms. The first-order valence-electron chi connectivity index (χ1n) is 9.66. The highest BCUT2D eigenvalue weighted by atomic mass is 32.2. The summed E-state index contributed by atoms with van der Waals surface area (Å²) in [6.45, 7) is 0.370. The van der Waals surface area contributed by atoms with Crippen LogP contribution in [0, 0.1) is 11.3 Å². The molecule has 148 valence electrons. The fraction of sp³-hybridized carbons (Fsp3) is 0.125. The number of hydrogen-bond donors (Lipinski definition) is 0. The van der Waals surface area contributed by atoms with Gasteiger partial charge in [0.1, 0.15) is 0 Å². The molecule has 1 heterocycles. The van der Waals surface area contributed by atoms with Crippen molar-refractivity contribution >= 4 is 34.4 Å². The molecule has 5 nitrogen and oxygen atoms in total. The summed E-state index contributed by atoms with van der Waals surface area (Å²) in [6, 6.07) is 29.6. The molecule has 0 unspecified atom stereocenters. The summed E-state index contributed by atoms with van der Waals surface area (Å²) >= 11 is 1.41. The lowest BCUT2D eigenvalue weighted by molar-refractivity contribution is -0.116. The van der Waals surface area contributed by atoms with Gasteiger partial charge in [-0.2, -0.15) is 5.26 Å². The van der Waals surface area contributed by atoms with Crippen molar-refractivity contribution in [2.75, 3.05) is 17.2 Å². The molecule has 4 rings (SSSR count). The Morgan fingerprint density at radius 3 is 2.37 bits per heavy atom. The van der Waals surface area contributed by atoms with Gasteiger partial charge in [-0.05, 0) is 36.4 Å². The Balaban J connectivity index is 1.61. The maximum absolute atomic E-state index is 13.0. The quantitative estimate of drug-likeness (QED) is 0.398. The van der Waals surface area contributed by atoms with Gasteiger partial charge in [0, 0.05) is 17.9 Å². The van der Waals surface area contributed by atoms with Gasteiger partial charge in [0.2, 0.25) is 5.91 Å². The SMILES string of the molecule is N#CCCN(C(=O)CSc1nc2ccccc2n1-c1ccccc1)c1ccccc1. The van der Waals surface area contributed by atoms with Crippen LogP contribution in [0.3, 0.4) is 0 Å². The Morgan fingerprint density at radius 2 is 1.63 bits per heavy atom. The summed E-state index contributed by atoms with van der Waals surface area (Å²) < 4.78 is 2.08. The topological polar surface area (TPSA) is 61.9 Å². The van der Waals surface area contributed by atoms with Crippen LogP contribution >= 0.6 is 11.8 Å². The molecule has 1 aromatic heterocycles. The van der Waals surface area contributed by atoms with Crippen molar-refractivity contribution in [3.05, 3.63) is 84.9 Å². The van der Waals surface area contributed by atoms with E-state index in [-0.39, 0.29) is 18.1 Å². The van der Waals surface area contributed by atoms with E-state index in [4.69, 9.17) is 10.2 Å². The third-order valence-corrected chi connectivity index (χ3v) is 5.61. The highest BCUT2D eigenvalue weighted by Gasteiger charge is 2.19. The zero-order valence-electron chi connectivity index (χ0n) is 16.3. The number of imidazole rings is 1. The standard InChI is InChI=1S/C24H20N4OS/c25-16-9-17-27(19-10-3-1-4-11-19)23(29)18-30-24-26-21-14-7-8-15-22(21)28(24)20-12-5-2-6-13-20/h1-8,10-15H,9,17-18H2. The third-order valence-electron chi connectivity index (χ3n) is 4.69. The number of nitrogens with zero attached hydrogens (tertiary/aromatic N) is 4. The minimum Gasteiger partial charge on any atom is -0.311 e. The minimum atomic E-state index is -0.0480. The largest absolute Gasteiger partial charge is 0.311 e. The Hall–Kier alpha value is -3.56. The molecule has 0 fully saturated rings. The predicted octanol–water partition coefficient (Wildman–Crippen LogP) is 5.06. The number of carbonyl (C=O) groups excluding carboxylic acids is 1. The van der Waals surface area contributed by atoms with E-state index in [2.05, 4.69) is 10.6 Å². The summed E-state index contributed by atoms with van der Waals surface area (Å²) in [7, 11) is 0. The normalized spacial score (nSPS) is 10.6. The average molecular weight is 413 g/mol. The number of rotatable bonds is 7. The van der Waals surface area contributed by atoms with Crippen LogP contribution in [-0.2, 0) is 4.79 Å². The van der Waals surface area contributed by atoms with Gasteiger partial charge < -0.3 is 4.90 Å². The van der Waals surface area contributed by atoms with E-state index in [0.29, 0.717) is 6.54 Å². The molecule has 0 aliphatic heterocycles. The van der Waals surface area contributed by atoms with E-state index >= 15 is 0 Å². The van der Waals surface area contributed by atoms with Crippen molar-refractivity contribution in [3.8, 4) is 11.8 Å². The monoisotopic (exact) mass is 412 g/mol. The third kappa shape index (κ3) is 4.22. The minimum absolute atomic E-state index is 0.0480. The molecular weight excluding hydrogens is 392 g/mol. The number of thioether (sulfide) groups is 1. The number of para-hydroxylation sites is 4. The molecular formula is C24H20N4OS. The van der Waals surface area contributed by atoms with E-state index in [1.807, 2.05) is 84.9 Å². The van der Waals surface area contributed by atoms with Gasteiger partial charge in [-0.15, -0.1) is 0 Å². The maximum atomic E-state index is 13.0. The number of anilines is 1. The van der Waals surface area contributed by atoms with Crippen molar-refractivity contribution in [2.45, 2.75) is 11.6 Å². The van der Waals surface area contributed by atoms with Gasteiger partial charge in [-0.1, -0.05) is 60.3 Å². The second-order valence-electron chi connectivity index (χ2n) is 6.63. The molecule has 0 N–H and O–H groups in total. The van der Waals surface area contributed by atoms with E-state index in [0.717, 1.165) is 27.6 Å². The van der Waals surface area contributed by atoms with E-state index in [1.54, 1.807) is 4.90 Å². The van der Waals surface area contributed by atoms with E-state index < -0.39 is 0 Å². The molecule has 30 heavy (non-hydrogen) atoms. The highest BCUT2D eigenvalue weighted by Crippen LogP contribution is 2.28. The lowest BCUT2D eigenvalue weighted by Gasteiger charge is -2.21. The van der Waals surface area contributed by atoms with Gasteiger partial charge in [-0.25, -0.2) is 4.98 Å². The van der Waals surface area contributed by atoms with E-state index in [1.165, 1.54) is 11.8 Å². The van der Waals surface area contributed by atoms with Crippen molar-refractivity contribution in [3.63, 3.8) is 0 Å². The zero-order valence-corrected chi connectivity index (χ0v) is 17.1. The van der Waals surface area contributed by atoms with Gasteiger partial charge in [0.25, 0.3) is 0 Å². The van der Waals surface area contributed by atoms with Crippen LogP contribution in [0.25, 0.3) is 16.7 Å². The summed E-state index contributed by atoms with van der Waals surface area (Å²) in [5, 5.41) is 9.76. The average Bonchev–Trinajstić information content (AvgIpc) is 3.17. The molecule has 1 amide bonds. The van der Waals surface area contributed by atoms with Crippen molar-refractivity contribution in [2.24, 2.45) is 0 Å². The molecule has 0 spiro atoms. The second-order valence-corrected chi connectivity index (χ2v) is 7.57. The van der Waals surface area contributed by atoms with Gasteiger partial charge in [-0.3, -0.25) is 9.36 Å². The first-order valence-corrected chi connectivity index (χ1v) is 10.6. The molecule has 3 aromatic carbocycles. The fourth-order valence-electron chi connectivity index (χ4n) is 3.30. The molecule has 0 saturated heterocycles.